The van der Waals surface area contributed by atoms with Crippen LogP contribution in [0.2, 0.25) is 0 Å². The van der Waals surface area contributed by atoms with E-state index in [2.05, 4.69) is 33.2 Å². The van der Waals surface area contributed by atoms with Crippen LogP contribution in [0.4, 0.5) is 11.6 Å². The number of morpholine rings is 1. The number of hydrogen-bond donors (Lipinski definition) is 1. The average molecular weight is 284 g/mol. The van der Waals surface area contributed by atoms with E-state index in [1.165, 1.54) is 5.56 Å². The largest absolute Gasteiger partial charge is 0.375 e. The van der Waals surface area contributed by atoms with Crippen molar-refractivity contribution in [3.05, 3.63) is 48.3 Å². The van der Waals surface area contributed by atoms with E-state index in [1.54, 1.807) is 6.20 Å². The molecule has 1 aliphatic heterocycles. The maximum absolute atomic E-state index is 5.58. The molecule has 0 radical (unpaired) electrons. The molecule has 5 heteroatoms. The van der Waals surface area contributed by atoms with Gasteiger partial charge in [-0.2, -0.15) is 0 Å². The van der Waals surface area contributed by atoms with Gasteiger partial charge in [0.2, 0.25) is 0 Å². The third-order valence-electron chi connectivity index (χ3n) is 3.51. The fourth-order valence-corrected chi connectivity index (χ4v) is 2.43. The van der Waals surface area contributed by atoms with Crippen LogP contribution in [0.3, 0.4) is 0 Å². The molecular formula is C16H20N4O. The van der Waals surface area contributed by atoms with Gasteiger partial charge in [-0.3, -0.25) is 0 Å². The van der Waals surface area contributed by atoms with Crippen LogP contribution >= 0.6 is 0 Å². The standard InChI is InChI=1S/C16H20N4O/c1-13-12-20(8-9-21-13)16-10-14(5-7-18-16)11-19-15-4-2-3-6-17-15/h2-7,10,13H,8-9,11-12H2,1H3,(H,17,19)/t13-/m1/s1. The Balaban J connectivity index is 1.65. The first kappa shape index (κ1) is 13.8. The highest BCUT2D eigenvalue weighted by Crippen LogP contribution is 2.17. The van der Waals surface area contributed by atoms with Crippen LogP contribution in [0.1, 0.15) is 12.5 Å². The third-order valence-corrected chi connectivity index (χ3v) is 3.51. The molecule has 110 valence electrons. The highest BCUT2D eigenvalue weighted by atomic mass is 16.5. The molecule has 3 rings (SSSR count). The quantitative estimate of drug-likeness (QED) is 0.933. The minimum Gasteiger partial charge on any atom is -0.375 e. The van der Waals surface area contributed by atoms with Crippen molar-refractivity contribution in [1.29, 1.82) is 0 Å². The van der Waals surface area contributed by atoms with Gasteiger partial charge in [-0.1, -0.05) is 6.07 Å². The Morgan fingerprint density at radius 2 is 2.24 bits per heavy atom. The molecule has 3 heterocycles. The number of aromatic nitrogens is 2. The maximum atomic E-state index is 5.58. The van der Waals surface area contributed by atoms with Crippen molar-refractivity contribution in [1.82, 2.24) is 9.97 Å². The van der Waals surface area contributed by atoms with Crippen molar-refractivity contribution in [3.63, 3.8) is 0 Å². The molecule has 1 aliphatic rings. The molecular weight excluding hydrogens is 264 g/mol. The van der Waals surface area contributed by atoms with Crippen molar-refractivity contribution in [2.75, 3.05) is 29.9 Å². The Kier molecular flexibility index (Phi) is 4.31. The molecule has 5 nitrogen and oxygen atoms in total. The molecule has 0 amide bonds. The Morgan fingerprint density at radius 3 is 3.05 bits per heavy atom. The molecule has 1 atom stereocenters. The molecule has 2 aromatic rings. The van der Waals surface area contributed by atoms with E-state index in [9.17, 15) is 0 Å². The fourth-order valence-electron chi connectivity index (χ4n) is 2.43. The highest BCUT2D eigenvalue weighted by molar-refractivity contribution is 5.43. The van der Waals surface area contributed by atoms with Gasteiger partial charge in [-0.25, -0.2) is 9.97 Å². The fraction of sp³-hybridized carbons (Fsp3) is 0.375. The van der Waals surface area contributed by atoms with Gasteiger partial charge in [0.05, 0.1) is 12.7 Å². The molecule has 0 unspecified atom stereocenters. The minimum absolute atomic E-state index is 0.260. The Morgan fingerprint density at radius 1 is 1.29 bits per heavy atom. The second-order valence-electron chi connectivity index (χ2n) is 5.22. The number of anilines is 2. The molecule has 2 aromatic heterocycles. The number of nitrogens with zero attached hydrogens (tertiary/aromatic N) is 3. The van der Waals surface area contributed by atoms with Gasteiger partial charge in [-0.15, -0.1) is 0 Å². The summed E-state index contributed by atoms with van der Waals surface area (Å²) in [7, 11) is 0. The van der Waals surface area contributed by atoms with Crippen molar-refractivity contribution >= 4 is 11.6 Å². The molecule has 0 bridgehead atoms. The zero-order valence-corrected chi connectivity index (χ0v) is 12.2. The molecule has 0 aromatic carbocycles. The molecule has 1 N–H and O–H groups in total. The van der Waals surface area contributed by atoms with Crippen molar-refractivity contribution in [2.45, 2.75) is 19.6 Å². The van der Waals surface area contributed by atoms with Crippen LogP contribution in [0, 0.1) is 0 Å². The molecule has 21 heavy (non-hydrogen) atoms. The van der Waals surface area contributed by atoms with E-state index in [1.807, 2.05) is 30.5 Å². The first-order chi connectivity index (χ1) is 10.3. The third kappa shape index (κ3) is 3.70. The summed E-state index contributed by atoms with van der Waals surface area (Å²) in [5, 5.41) is 3.32. The lowest BCUT2D eigenvalue weighted by atomic mass is 10.2. The lowest BCUT2D eigenvalue weighted by molar-refractivity contribution is 0.0529. The zero-order chi connectivity index (χ0) is 14.5. The smallest absolute Gasteiger partial charge is 0.128 e. The van der Waals surface area contributed by atoms with E-state index in [0.717, 1.165) is 37.9 Å². The summed E-state index contributed by atoms with van der Waals surface area (Å²) in [5.74, 6) is 1.90. The van der Waals surface area contributed by atoms with Crippen LogP contribution in [-0.4, -0.2) is 35.8 Å². The molecule has 0 saturated carbocycles. The van der Waals surface area contributed by atoms with Gasteiger partial charge in [0, 0.05) is 32.0 Å². The van der Waals surface area contributed by atoms with Crippen LogP contribution < -0.4 is 10.2 Å². The monoisotopic (exact) mass is 284 g/mol. The van der Waals surface area contributed by atoms with Crippen molar-refractivity contribution in [3.8, 4) is 0 Å². The van der Waals surface area contributed by atoms with Gasteiger partial charge < -0.3 is 15.0 Å². The van der Waals surface area contributed by atoms with E-state index in [-0.39, 0.29) is 6.10 Å². The van der Waals surface area contributed by atoms with E-state index < -0.39 is 0 Å². The van der Waals surface area contributed by atoms with Crippen molar-refractivity contribution < 1.29 is 4.74 Å². The molecule has 0 spiro atoms. The first-order valence-electron chi connectivity index (χ1n) is 7.27. The van der Waals surface area contributed by atoms with Gasteiger partial charge in [0.25, 0.3) is 0 Å². The molecule has 1 saturated heterocycles. The summed E-state index contributed by atoms with van der Waals surface area (Å²) < 4.78 is 5.58. The molecule has 0 aliphatic carbocycles. The summed E-state index contributed by atoms with van der Waals surface area (Å²) in [6.07, 6.45) is 3.91. The number of rotatable bonds is 4. The topological polar surface area (TPSA) is 50.3 Å². The predicted octanol–water partition coefficient (Wildman–Crippen LogP) is 2.31. The van der Waals surface area contributed by atoms with E-state index >= 15 is 0 Å². The van der Waals surface area contributed by atoms with Crippen LogP contribution in [0.25, 0.3) is 0 Å². The summed E-state index contributed by atoms with van der Waals surface area (Å²) in [6.45, 7) is 5.39. The maximum Gasteiger partial charge on any atom is 0.128 e. The minimum atomic E-state index is 0.260. The second-order valence-corrected chi connectivity index (χ2v) is 5.22. The Labute approximate surface area is 125 Å². The van der Waals surface area contributed by atoms with E-state index in [4.69, 9.17) is 4.74 Å². The van der Waals surface area contributed by atoms with Gasteiger partial charge >= 0.3 is 0 Å². The van der Waals surface area contributed by atoms with Crippen molar-refractivity contribution in [2.24, 2.45) is 0 Å². The zero-order valence-electron chi connectivity index (χ0n) is 12.2. The number of hydrogen-bond acceptors (Lipinski definition) is 5. The van der Waals surface area contributed by atoms with Crippen LogP contribution in [-0.2, 0) is 11.3 Å². The molecule has 1 fully saturated rings. The van der Waals surface area contributed by atoms with Gasteiger partial charge in [0.1, 0.15) is 11.6 Å². The Bertz CT molecular complexity index is 575. The Hall–Kier alpha value is -2.14. The lowest BCUT2D eigenvalue weighted by Crippen LogP contribution is -2.41. The van der Waals surface area contributed by atoms with E-state index in [0.29, 0.717) is 0 Å². The van der Waals surface area contributed by atoms with Crippen LogP contribution in [0.5, 0.6) is 0 Å². The first-order valence-corrected chi connectivity index (χ1v) is 7.27. The number of nitrogens with one attached hydrogen (secondary N) is 1. The predicted molar refractivity (Wildman–Crippen MR) is 83.4 cm³/mol. The summed E-state index contributed by atoms with van der Waals surface area (Å²) in [4.78, 5) is 11.0. The van der Waals surface area contributed by atoms with Gasteiger partial charge in [-0.05, 0) is 36.8 Å². The second kappa shape index (κ2) is 6.54. The number of ether oxygens (including phenoxy) is 1. The summed E-state index contributed by atoms with van der Waals surface area (Å²) >= 11 is 0. The number of pyridine rings is 2. The normalized spacial score (nSPS) is 18.5. The van der Waals surface area contributed by atoms with Gasteiger partial charge in [0.15, 0.2) is 0 Å². The highest BCUT2D eigenvalue weighted by Gasteiger charge is 2.17. The van der Waals surface area contributed by atoms with Crippen LogP contribution in [0.15, 0.2) is 42.7 Å². The summed E-state index contributed by atoms with van der Waals surface area (Å²) in [6, 6.07) is 10.0. The lowest BCUT2D eigenvalue weighted by Gasteiger charge is -2.32. The average Bonchev–Trinajstić information content (AvgIpc) is 2.54. The summed E-state index contributed by atoms with van der Waals surface area (Å²) in [5.41, 5.74) is 1.20. The SMILES string of the molecule is C[C@@H]1CN(c2cc(CNc3ccccn3)ccn2)CCO1.